The van der Waals surface area contributed by atoms with Gasteiger partial charge >= 0.3 is 0 Å². The van der Waals surface area contributed by atoms with E-state index in [1.807, 2.05) is 0 Å². The first-order valence-electron chi connectivity index (χ1n) is 11.3. The van der Waals surface area contributed by atoms with E-state index in [9.17, 15) is 14.1 Å². The van der Waals surface area contributed by atoms with Crippen LogP contribution >= 0.6 is 0 Å². The Morgan fingerprint density at radius 2 is 1.89 bits per heavy atom. The van der Waals surface area contributed by atoms with Gasteiger partial charge in [-0.05, 0) is 42.3 Å². The molecule has 2 aromatic heterocycles. The molecule has 186 valence electrons. The van der Waals surface area contributed by atoms with Crippen LogP contribution in [0.15, 0.2) is 48.8 Å². The SMILES string of the molecule is Cn1cc2c(-c3cc(F)c(CN4Cc5ncccc5C4=O)c(F)c3)ccc(C(C)(O)CS(C)=O)c2n1. The van der Waals surface area contributed by atoms with Crippen LogP contribution in [0.1, 0.15) is 34.1 Å². The number of benzene rings is 2. The van der Waals surface area contributed by atoms with E-state index in [-0.39, 0.29) is 30.3 Å². The van der Waals surface area contributed by atoms with Crippen LogP contribution in [-0.4, -0.2) is 46.9 Å². The van der Waals surface area contributed by atoms with Crippen LogP contribution in [0.25, 0.3) is 22.0 Å². The predicted octanol–water partition coefficient (Wildman–Crippen LogP) is 3.66. The summed E-state index contributed by atoms with van der Waals surface area (Å²) in [7, 11) is 0.457. The van der Waals surface area contributed by atoms with Gasteiger partial charge in [0.25, 0.3) is 5.91 Å². The van der Waals surface area contributed by atoms with Crippen molar-refractivity contribution in [3.8, 4) is 11.1 Å². The van der Waals surface area contributed by atoms with Crippen molar-refractivity contribution in [1.82, 2.24) is 19.7 Å². The second kappa shape index (κ2) is 8.86. The quantitative estimate of drug-likeness (QED) is 0.428. The van der Waals surface area contributed by atoms with Crippen molar-refractivity contribution >= 4 is 27.6 Å². The maximum absolute atomic E-state index is 15.2. The highest BCUT2D eigenvalue weighted by atomic mass is 32.2. The standard InChI is InChI=1S/C26H24F2N4O3S/c1-26(34,14-36(3)35)20-7-6-16(18-11-31(2)30-24(18)20)15-9-21(27)19(22(28)10-15)12-32-13-23-17(25(32)33)5-4-8-29-23/h4-11,34H,12-14H2,1-3H3. The molecule has 1 amide bonds. The summed E-state index contributed by atoms with van der Waals surface area (Å²) in [6.07, 6.45) is 4.80. The smallest absolute Gasteiger partial charge is 0.256 e. The molecule has 2 unspecified atom stereocenters. The van der Waals surface area contributed by atoms with E-state index in [2.05, 4.69) is 10.1 Å². The molecule has 2 atom stereocenters. The Morgan fingerprint density at radius 1 is 1.17 bits per heavy atom. The van der Waals surface area contributed by atoms with E-state index in [1.165, 1.54) is 23.3 Å². The number of hydrogen-bond acceptors (Lipinski definition) is 5. The van der Waals surface area contributed by atoms with Crippen molar-refractivity contribution in [2.45, 2.75) is 25.6 Å². The third-order valence-electron chi connectivity index (χ3n) is 6.40. The maximum Gasteiger partial charge on any atom is 0.256 e. The highest BCUT2D eigenvalue weighted by Gasteiger charge is 2.31. The van der Waals surface area contributed by atoms with Gasteiger partial charge in [-0.1, -0.05) is 12.1 Å². The summed E-state index contributed by atoms with van der Waals surface area (Å²) in [4.78, 5) is 18.2. The number of halogens is 2. The lowest BCUT2D eigenvalue weighted by atomic mass is 9.91. The fraction of sp³-hybridized carbons (Fsp3) is 0.269. The molecule has 1 N–H and O–H groups in total. The summed E-state index contributed by atoms with van der Waals surface area (Å²) in [6.45, 7) is 1.54. The molecule has 0 radical (unpaired) electrons. The normalized spacial score (nSPS) is 15.8. The number of amides is 1. The number of pyridine rings is 1. The number of aryl methyl sites for hydroxylation is 1. The zero-order valence-corrected chi connectivity index (χ0v) is 20.8. The number of carbonyl (C=O) groups is 1. The van der Waals surface area contributed by atoms with E-state index in [0.717, 1.165) is 0 Å². The Bertz CT molecular complexity index is 1530. The van der Waals surface area contributed by atoms with Crippen molar-refractivity contribution in [2.24, 2.45) is 7.05 Å². The number of nitrogens with zero attached hydrogens (tertiary/aromatic N) is 4. The molecule has 1 aliphatic rings. The van der Waals surface area contributed by atoms with Crippen LogP contribution in [-0.2, 0) is 36.5 Å². The molecule has 4 aromatic rings. The van der Waals surface area contributed by atoms with Crippen LogP contribution in [0, 0.1) is 11.6 Å². The molecule has 7 nitrogen and oxygen atoms in total. The Morgan fingerprint density at radius 3 is 2.56 bits per heavy atom. The fourth-order valence-corrected chi connectivity index (χ4v) is 5.74. The van der Waals surface area contributed by atoms with Crippen molar-refractivity contribution in [2.75, 3.05) is 12.0 Å². The topological polar surface area (TPSA) is 88.3 Å². The lowest BCUT2D eigenvalue weighted by Crippen LogP contribution is -2.28. The number of hydrogen-bond donors (Lipinski definition) is 1. The number of aromatic nitrogens is 3. The first kappa shape index (κ1) is 24.2. The van der Waals surface area contributed by atoms with Gasteiger partial charge in [0.15, 0.2) is 0 Å². The van der Waals surface area contributed by atoms with Gasteiger partial charge in [-0.15, -0.1) is 0 Å². The molecule has 1 aliphatic heterocycles. The second-order valence-corrected chi connectivity index (χ2v) is 10.7. The number of rotatable bonds is 6. The summed E-state index contributed by atoms with van der Waals surface area (Å²) in [6, 6.07) is 9.11. The Kier molecular flexibility index (Phi) is 5.96. The molecular formula is C26H24F2N4O3S. The van der Waals surface area contributed by atoms with Crippen LogP contribution in [0.3, 0.4) is 0 Å². The third-order valence-corrected chi connectivity index (χ3v) is 7.37. The minimum absolute atomic E-state index is 0.0184. The minimum Gasteiger partial charge on any atom is -0.384 e. The molecule has 0 aliphatic carbocycles. The molecule has 5 rings (SSSR count). The summed E-state index contributed by atoms with van der Waals surface area (Å²) >= 11 is 0. The summed E-state index contributed by atoms with van der Waals surface area (Å²) < 4.78 is 43.8. The van der Waals surface area contributed by atoms with Gasteiger partial charge in [0.1, 0.15) is 17.2 Å². The zero-order chi connectivity index (χ0) is 25.8. The molecule has 0 fully saturated rings. The summed E-state index contributed by atoms with van der Waals surface area (Å²) in [5, 5.41) is 16.0. The lowest BCUT2D eigenvalue weighted by molar-refractivity contribution is 0.0762. The highest BCUT2D eigenvalue weighted by Crippen LogP contribution is 2.36. The van der Waals surface area contributed by atoms with Crippen LogP contribution in [0.4, 0.5) is 8.78 Å². The van der Waals surface area contributed by atoms with Gasteiger partial charge in [-0.25, -0.2) is 8.78 Å². The van der Waals surface area contributed by atoms with Crippen LogP contribution in [0.5, 0.6) is 0 Å². The van der Waals surface area contributed by atoms with Crippen molar-refractivity contribution < 1.29 is 22.9 Å². The monoisotopic (exact) mass is 510 g/mol. The van der Waals surface area contributed by atoms with Gasteiger partial charge in [-0.3, -0.25) is 18.7 Å². The number of fused-ring (bicyclic) bond motifs is 2. The first-order chi connectivity index (χ1) is 17.0. The molecule has 0 bridgehead atoms. The fourth-order valence-electron chi connectivity index (χ4n) is 4.79. The van der Waals surface area contributed by atoms with Crippen LogP contribution < -0.4 is 0 Å². The predicted molar refractivity (Wildman–Crippen MR) is 132 cm³/mol. The van der Waals surface area contributed by atoms with Crippen molar-refractivity contribution in [1.29, 1.82) is 0 Å². The molecule has 0 spiro atoms. The van der Waals surface area contributed by atoms with Crippen LogP contribution in [0.2, 0.25) is 0 Å². The zero-order valence-electron chi connectivity index (χ0n) is 20.0. The molecule has 36 heavy (non-hydrogen) atoms. The Labute approximate surface area is 208 Å². The van der Waals surface area contributed by atoms with E-state index < -0.39 is 28.0 Å². The Hall–Kier alpha value is -3.50. The third kappa shape index (κ3) is 4.20. The lowest BCUT2D eigenvalue weighted by Gasteiger charge is -2.23. The maximum atomic E-state index is 15.2. The first-order valence-corrected chi connectivity index (χ1v) is 13.0. The van der Waals surface area contributed by atoms with Gasteiger partial charge in [-0.2, -0.15) is 5.10 Å². The van der Waals surface area contributed by atoms with Crippen molar-refractivity contribution in [3.05, 3.63) is 82.8 Å². The van der Waals surface area contributed by atoms with E-state index in [4.69, 9.17) is 0 Å². The number of aliphatic hydroxyl groups is 1. The van der Waals surface area contributed by atoms with Crippen molar-refractivity contribution in [3.63, 3.8) is 0 Å². The second-order valence-electron chi connectivity index (χ2n) is 9.29. The van der Waals surface area contributed by atoms with E-state index >= 15 is 8.78 Å². The largest absolute Gasteiger partial charge is 0.384 e. The average molecular weight is 511 g/mol. The van der Waals surface area contributed by atoms with Gasteiger partial charge in [0.05, 0.1) is 35.6 Å². The molecule has 3 heterocycles. The minimum atomic E-state index is -1.40. The van der Waals surface area contributed by atoms with E-state index in [1.54, 1.807) is 55.3 Å². The molecule has 0 saturated carbocycles. The Balaban J connectivity index is 1.52. The average Bonchev–Trinajstić information content (AvgIpc) is 3.34. The van der Waals surface area contributed by atoms with Gasteiger partial charge < -0.3 is 10.0 Å². The molecule has 0 saturated heterocycles. The molecule has 2 aromatic carbocycles. The van der Waals surface area contributed by atoms with Gasteiger partial charge in [0, 0.05) is 53.0 Å². The molecule has 10 heteroatoms. The molecular weight excluding hydrogens is 486 g/mol. The van der Waals surface area contributed by atoms with Gasteiger partial charge in [0.2, 0.25) is 0 Å². The number of carbonyl (C=O) groups excluding carboxylic acids is 1. The summed E-state index contributed by atoms with van der Waals surface area (Å²) in [5.74, 6) is -1.83. The summed E-state index contributed by atoms with van der Waals surface area (Å²) in [5.41, 5.74) is 1.20. The highest BCUT2D eigenvalue weighted by molar-refractivity contribution is 7.84. The van der Waals surface area contributed by atoms with E-state index in [0.29, 0.717) is 38.9 Å².